The minimum Gasteiger partial charge on any atom is -0.399 e. The van der Waals surface area contributed by atoms with E-state index in [9.17, 15) is 8.42 Å². The van der Waals surface area contributed by atoms with E-state index in [4.69, 9.17) is 10.3 Å². The van der Waals surface area contributed by atoms with Gasteiger partial charge in [0, 0.05) is 5.69 Å². The van der Waals surface area contributed by atoms with Crippen molar-refractivity contribution < 1.29 is 13.0 Å². The molecule has 0 aliphatic rings. The van der Waals surface area contributed by atoms with Crippen LogP contribution in [0.15, 0.2) is 42.3 Å². The molecular formula is C8H11NO3S. The van der Waals surface area contributed by atoms with Gasteiger partial charge in [-0.2, -0.15) is 8.42 Å². The molecule has 1 aromatic carbocycles. The van der Waals surface area contributed by atoms with Crippen LogP contribution < -0.4 is 5.73 Å². The maximum Gasteiger partial charge on any atom is 0.287 e. The summed E-state index contributed by atoms with van der Waals surface area (Å²) in [5.41, 5.74) is 6.18. The summed E-state index contributed by atoms with van der Waals surface area (Å²) in [5.74, 6) is 0. The molecule has 1 aromatic rings. The molecule has 0 radical (unpaired) electrons. The number of nitrogens with two attached hydrogens (primary N) is 1. The van der Waals surface area contributed by atoms with Crippen molar-refractivity contribution in [1.29, 1.82) is 0 Å². The zero-order chi connectivity index (χ0) is 10.3. The van der Waals surface area contributed by atoms with Crippen molar-refractivity contribution in [2.45, 2.75) is 0 Å². The summed E-state index contributed by atoms with van der Waals surface area (Å²) >= 11 is 0. The Balaban J connectivity index is 0.000000226. The highest BCUT2D eigenvalue weighted by molar-refractivity contribution is 7.88. The van der Waals surface area contributed by atoms with Gasteiger partial charge in [0.2, 0.25) is 0 Å². The van der Waals surface area contributed by atoms with E-state index in [1.165, 1.54) is 0 Å². The Labute approximate surface area is 77.4 Å². The van der Waals surface area contributed by atoms with Crippen LogP contribution in [0.1, 0.15) is 0 Å². The lowest BCUT2D eigenvalue weighted by Gasteiger charge is -1.83. The molecule has 0 amide bonds. The molecule has 0 bridgehead atoms. The third-order valence-corrected chi connectivity index (χ3v) is 1.43. The fraction of sp³-hybridized carbons (Fsp3) is 0. The van der Waals surface area contributed by atoms with E-state index in [-0.39, 0.29) is 0 Å². The van der Waals surface area contributed by atoms with E-state index in [0.717, 1.165) is 5.69 Å². The molecule has 0 unspecified atom stereocenters. The maximum absolute atomic E-state index is 9.44. The average molecular weight is 201 g/mol. The monoisotopic (exact) mass is 201 g/mol. The van der Waals surface area contributed by atoms with Gasteiger partial charge in [-0.15, -0.1) is 0 Å². The van der Waals surface area contributed by atoms with E-state index >= 15 is 0 Å². The van der Waals surface area contributed by atoms with Gasteiger partial charge in [0.25, 0.3) is 10.1 Å². The van der Waals surface area contributed by atoms with E-state index in [0.29, 0.717) is 5.41 Å². The number of hydrogen-bond acceptors (Lipinski definition) is 3. The number of para-hydroxylation sites is 1. The largest absolute Gasteiger partial charge is 0.399 e. The summed E-state index contributed by atoms with van der Waals surface area (Å²) in [5, 5.41) is 0.465. The van der Waals surface area contributed by atoms with Crippen molar-refractivity contribution in [3.63, 3.8) is 0 Å². The first-order chi connectivity index (χ1) is 5.95. The van der Waals surface area contributed by atoms with Gasteiger partial charge in [0.05, 0.1) is 5.41 Å². The second kappa shape index (κ2) is 5.34. The van der Waals surface area contributed by atoms with Gasteiger partial charge in [-0.05, 0) is 12.1 Å². The maximum atomic E-state index is 9.44. The Morgan fingerprint density at radius 1 is 1.31 bits per heavy atom. The zero-order valence-electron chi connectivity index (χ0n) is 6.92. The van der Waals surface area contributed by atoms with Crippen molar-refractivity contribution in [1.82, 2.24) is 0 Å². The third kappa shape index (κ3) is 8.58. The van der Waals surface area contributed by atoms with Gasteiger partial charge < -0.3 is 5.73 Å². The van der Waals surface area contributed by atoms with Crippen LogP contribution in [0.5, 0.6) is 0 Å². The van der Waals surface area contributed by atoms with E-state index in [1.807, 2.05) is 30.3 Å². The molecule has 0 fully saturated rings. The van der Waals surface area contributed by atoms with E-state index in [2.05, 4.69) is 6.58 Å². The third-order valence-electron chi connectivity index (χ3n) is 1.01. The number of hydrogen-bond donors (Lipinski definition) is 2. The van der Waals surface area contributed by atoms with Crippen molar-refractivity contribution in [2.75, 3.05) is 5.73 Å². The molecule has 3 N–H and O–H groups in total. The Bertz CT molecular complexity index is 333. The van der Waals surface area contributed by atoms with Crippen LogP contribution >= 0.6 is 0 Å². The van der Waals surface area contributed by atoms with Crippen LogP contribution in [0.4, 0.5) is 5.69 Å². The Hall–Kier alpha value is -1.33. The molecule has 72 valence electrons. The Morgan fingerprint density at radius 3 is 1.85 bits per heavy atom. The van der Waals surface area contributed by atoms with Crippen molar-refractivity contribution in [3.8, 4) is 0 Å². The quantitative estimate of drug-likeness (QED) is 0.530. The molecule has 0 spiro atoms. The van der Waals surface area contributed by atoms with Crippen LogP contribution in [-0.2, 0) is 10.1 Å². The molecule has 0 saturated heterocycles. The van der Waals surface area contributed by atoms with Crippen molar-refractivity contribution in [2.24, 2.45) is 0 Å². The summed E-state index contributed by atoms with van der Waals surface area (Å²) < 4.78 is 26.6. The summed E-state index contributed by atoms with van der Waals surface area (Å²) in [7, 11) is -3.90. The van der Waals surface area contributed by atoms with Crippen LogP contribution in [0.25, 0.3) is 0 Å². The summed E-state index contributed by atoms with van der Waals surface area (Å²) in [6.07, 6.45) is 0. The molecular weight excluding hydrogens is 190 g/mol. The second-order valence-electron chi connectivity index (χ2n) is 2.09. The van der Waals surface area contributed by atoms with Gasteiger partial charge in [-0.3, -0.25) is 4.55 Å². The number of nitrogen functional groups attached to an aromatic ring is 1. The first-order valence-corrected chi connectivity index (χ1v) is 4.86. The second-order valence-corrected chi connectivity index (χ2v) is 3.46. The molecule has 13 heavy (non-hydrogen) atoms. The van der Waals surface area contributed by atoms with E-state index in [1.54, 1.807) is 0 Å². The predicted octanol–water partition coefficient (Wildman–Crippen LogP) is 1.29. The fourth-order valence-corrected chi connectivity index (χ4v) is 0.453. The first-order valence-electron chi connectivity index (χ1n) is 3.36. The lowest BCUT2D eigenvalue weighted by molar-refractivity contribution is 0.494. The van der Waals surface area contributed by atoms with Crippen LogP contribution in [0, 0.1) is 0 Å². The lowest BCUT2D eigenvalue weighted by Crippen LogP contribution is -1.86. The molecule has 1 rings (SSSR count). The van der Waals surface area contributed by atoms with Gasteiger partial charge in [0.1, 0.15) is 0 Å². The number of benzene rings is 1. The highest BCUT2D eigenvalue weighted by atomic mass is 32.2. The molecule has 4 nitrogen and oxygen atoms in total. The molecule has 5 heteroatoms. The van der Waals surface area contributed by atoms with Crippen molar-refractivity contribution in [3.05, 3.63) is 42.3 Å². The van der Waals surface area contributed by atoms with Gasteiger partial charge in [-0.25, -0.2) is 0 Å². The normalized spacial score (nSPS) is 9.62. The molecule has 0 saturated carbocycles. The highest BCUT2D eigenvalue weighted by Gasteiger charge is 1.87. The first kappa shape index (κ1) is 11.7. The highest BCUT2D eigenvalue weighted by Crippen LogP contribution is 1.95. The zero-order valence-corrected chi connectivity index (χ0v) is 7.74. The predicted molar refractivity (Wildman–Crippen MR) is 52.6 cm³/mol. The molecule has 0 atom stereocenters. The topological polar surface area (TPSA) is 80.4 Å². The van der Waals surface area contributed by atoms with Crippen molar-refractivity contribution >= 4 is 15.8 Å². The SMILES string of the molecule is C=CS(=O)(=O)O.Nc1ccccc1. The molecule has 0 aromatic heterocycles. The van der Waals surface area contributed by atoms with E-state index < -0.39 is 10.1 Å². The average Bonchev–Trinajstić information content (AvgIpc) is 2.06. The summed E-state index contributed by atoms with van der Waals surface area (Å²) in [4.78, 5) is 0. The Kier molecular flexibility index (Phi) is 4.79. The molecule has 0 aliphatic carbocycles. The minimum absolute atomic E-state index is 0.465. The number of rotatable bonds is 1. The lowest BCUT2D eigenvalue weighted by atomic mass is 10.3. The van der Waals surface area contributed by atoms with Crippen LogP contribution in [-0.4, -0.2) is 13.0 Å². The fourth-order valence-electron chi connectivity index (χ4n) is 0.453. The van der Waals surface area contributed by atoms with Crippen LogP contribution in [0.3, 0.4) is 0 Å². The van der Waals surface area contributed by atoms with Crippen LogP contribution in [0.2, 0.25) is 0 Å². The molecule has 0 heterocycles. The molecule has 0 aliphatic heterocycles. The van der Waals surface area contributed by atoms with Gasteiger partial charge in [-0.1, -0.05) is 24.8 Å². The number of anilines is 1. The summed E-state index contributed by atoms with van der Waals surface area (Å²) in [6.45, 7) is 2.79. The standard InChI is InChI=1S/C6H7N.C2H4O3S/c7-6-4-2-1-3-5-6;1-2-6(3,4)5/h1-5H,7H2;2H,1H2,(H,3,4,5). The van der Waals surface area contributed by atoms with Gasteiger partial charge >= 0.3 is 0 Å². The Morgan fingerprint density at radius 2 is 1.69 bits per heavy atom. The minimum atomic E-state index is -3.90. The van der Waals surface area contributed by atoms with Gasteiger partial charge in [0.15, 0.2) is 0 Å². The summed E-state index contributed by atoms with van der Waals surface area (Å²) in [6, 6.07) is 9.49. The smallest absolute Gasteiger partial charge is 0.287 e.